The third-order valence-corrected chi connectivity index (χ3v) is 5.48. The van der Waals surface area contributed by atoms with Gasteiger partial charge in [0.15, 0.2) is 0 Å². The summed E-state index contributed by atoms with van der Waals surface area (Å²) in [6.07, 6.45) is -1.25. The van der Waals surface area contributed by atoms with E-state index in [1.807, 2.05) is 6.20 Å². The maximum Gasteiger partial charge on any atom is 0.433 e. The van der Waals surface area contributed by atoms with E-state index in [0.29, 0.717) is 16.5 Å². The molecule has 10 heteroatoms. The third-order valence-electron chi connectivity index (χ3n) is 5.16. The standard InChI is InChI=1S/C19H16ClF3N4O2/c20-14-6-15-10(7-27(26-15)11-3-9(4-11)8-28)5-13(14)12-1-2-16(19(21,22)23)25-17(12)18(24)29/h1-2,5-7,9,11,28H,3-4,8H2,(H2,24,29). The molecule has 3 N–H and O–H groups in total. The van der Waals surface area contributed by atoms with E-state index >= 15 is 0 Å². The first-order valence-corrected chi connectivity index (χ1v) is 9.23. The number of nitrogens with zero attached hydrogens (tertiary/aromatic N) is 3. The molecule has 6 nitrogen and oxygen atoms in total. The predicted octanol–water partition coefficient (Wildman–Crippen LogP) is 3.81. The van der Waals surface area contributed by atoms with Crippen molar-refractivity contribution < 1.29 is 23.1 Å². The number of halogens is 4. The minimum atomic E-state index is -4.70. The summed E-state index contributed by atoms with van der Waals surface area (Å²) in [5, 5.41) is 14.6. The van der Waals surface area contributed by atoms with Gasteiger partial charge in [-0.3, -0.25) is 9.48 Å². The van der Waals surface area contributed by atoms with Gasteiger partial charge in [0.05, 0.1) is 16.6 Å². The van der Waals surface area contributed by atoms with Gasteiger partial charge in [-0.2, -0.15) is 18.3 Å². The molecule has 1 amide bonds. The lowest BCUT2D eigenvalue weighted by atomic mass is 9.81. The number of aromatic nitrogens is 3. The van der Waals surface area contributed by atoms with Crippen molar-refractivity contribution in [2.45, 2.75) is 25.1 Å². The smallest absolute Gasteiger partial charge is 0.396 e. The Bertz CT molecular complexity index is 1110. The molecule has 1 aromatic carbocycles. The molecular formula is C19H16ClF3N4O2. The number of nitrogens with two attached hydrogens (primary N) is 1. The fraction of sp³-hybridized carbons (Fsp3) is 0.316. The van der Waals surface area contributed by atoms with Gasteiger partial charge in [0.1, 0.15) is 11.4 Å². The van der Waals surface area contributed by atoms with Crippen LogP contribution in [0, 0.1) is 5.92 Å². The minimum absolute atomic E-state index is 0.120. The Morgan fingerprint density at radius 1 is 1.28 bits per heavy atom. The van der Waals surface area contributed by atoms with E-state index in [4.69, 9.17) is 22.4 Å². The Morgan fingerprint density at radius 2 is 2.00 bits per heavy atom. The molecule has 1 aliphatic rings. The van der Waals surface area contributed by atoms with Crippen LogP contribution >= 0.6 is 11.6 Å². The van der Waals surface area contributed by atoms with Gasteiger partial charge in [-0.25, -0.2) is 4.98 Å². The van der Waals surface area contributed by atoms with Gasteiger partial charge in [0.25, 0.3) is 5.91 Å². The van der Waals surface area contributed by atoms with Crippen molar-refractivity contribution >= 4 is 28.4 Å². The molecule has 0 atom stereocenters. The van der Waals surface area contributed by atoms with Crippen LogP contribution in [0.2, 0.25) is 5.02 Å². The summed E-state index contributed by atoms with van der Waals surface area (Å²) in [5.41, 5.74) is 4.65. The van der Waals surface area contributed by atoms with Crippen LogP contribution in [0.15, 0.2) is 30.5 Å². The average Bonchev–Trinajstić information content (AvgIpc) is 3.01. The molecule has 0 saturated heterocycles. The number of aliphatic hydroxyl groups excluding tert-OH is 1. The van der Waals surface area contributed by atoms with E-state index in [2.05, 4.69) is 10.1 Å². The summed E-state index contributed by atoms with van der Waals surface area (Å²) in [5.74, 6) is -0.815. The van der Waals surface area contributed by atoms with Crippen LogP contribution in [-0.4, -0.2) is 32.4 Å². The van der Waals surface area contributed by atoms with E-state index < -0.39 is 23.5 Å². The van der Waals surface area contributed by atoms with Crippen molar-refractivity contribution in [3.05, 3.63) is 46.9 Å². The number of benzene rings is 1. The predicted molar refractivity (Wildman–Crippen MR) is 100 cm³/mol. The highest BCUT2D eigenvalue weighted by atomic mass is 35.5. The second kappa shape index (κ2) is 7.00. The largest absolute Gasteiger partial charge is 0.433 e. The molecule has 0 radical (unpaired) electrons. The average molecular weight is 425 g/mol. The fourth-order valence-corrected chi connectivity index (χ4v) is 3.81. The number of hydrogen-bond acceptors (Lipinski definition) is 4. The first-order valence-electron chi connectivity index (χ1n) is 8.85. The van der Waals surface area contributed by atoms with Crippen LogP contribution in [0.4, 0.5) is 13.2 Å². The molecule has 4 rings (SSSR count). The number of aliphatic hydroxyl groups is 1. The van der Waals surface area contributed by atoms with E-state index in [9.17, 15) is 18.0 Å². The van der Waals surface area contributed by atoms with Gasteiger partial charge in [0.2, 0.25) is 0 Å². The van der Waals surface area contributed by atoms with E-state index in [1.54, 1.807) is 16.8 Å². The number of carbonyl (C=O) groups excluding carboxylic acids is 1. The number of rotatable bonds is 4. The molecule has 152 valence electrons. The highest BCUT2D eigenvalue weighted by Gasteiger charge is 2.34. The van der Waals surface area contributed by atoms with Gasteiger partial charge < -0.3 is 10.8 Å². The molecule has 2 aromatic heterocycles. The lowest BCUT2D eigenvalue weighted by Gasteiger charge is -2.33. The molecular weight excluding hydrogens is 409 g/mol. The van der Waals surface area contributed by atoms with Crippen molar-refractivity contribution in [1.82, 2.24) is 14.8 Å². The topological polar surface area (TPSA) is 94.0 Å². The molecule has 1 aliphatic carbocycles. The summed E-state index contributed by atoms with van der Waals surface area (Å²) in [6.45, 7) is 0.143. The SMILES string of the molecule is NC(=O)c1nc(C(F)(F)F)ccc1-c1cc2cn(C3CC(CO)C3)nc2cc1Cl. The van der Waals surface area contributed by atoms with Gasteiger partial charge in [-0.15, -0.1) is 0 Å². The van der Waals surface area contributed by atoms with Crippen LogP contribution in [0.25, 0.3) is 22.0 Å². The van der Waals surface area contributed by atoms with Crippen LogP contribution in [0.1, 0.15) is 35.1 Å². The minimum Gasteiger partial charge on any atom is -0.396 e. The highest BCUT2D eigenvalue weighted by Crippen LogP contribution is 2.39. The number of carbonyl (C=O) groups is 1. The Morgan fingerprint density at radius 3 is 2.62 bits per heavy atom. The van der Waals surface area contributed by atoms with Gasteiger partial charge >= 0.3 is 6.18 Å². The highest BCUT2D eigenvalue weighted by molar-refractivity contribution is 6.34. The van der Waals surface area contributed by atoms with Gasteiger partial charge in [0, 0.05) is 29.3 Å². The van der Waals surface area contributed by atoms with E-state index in [-0.39, 0.29) is 29.2 Å². The summed E-state index contributed by atoms with van der Waals surface area (Å²) < 4.78 is 40.7. The van der Waals surface area contributed by atoms with Crippen LogP contribution < -0.4 is 5.73 Å². The van der Waals surface area contributed by atoms with Crippen molar-refractivity contribution in [2.75, 3.05) is 6.61 Å². The molecule has 0 spiro atoms. The zero-order chi connectivity index (χ0) is 20.9. The van der Waals surface area contributed by atoms with Crippen molar-refractivity contribution in [3.8, 4) is 11.1 Å². The first-order chi connectivity index (χ1) is 13.7. The number of fused-ring (bicyclic) bond motifs is 1. The lowest BCUT2D eigenvalue weighted by molar-refractivity contribution is -0.141. The van der Waals surface area contributed by atoms with Gasteiger partial charge in [-0.1, -0.05) is 11.6 Å². The molecule has 0 unspecified atom stereocenters. The molecule has 2 heterocycles. The number of hydrogen-bond donors (Lipinski definition) is 2. The maximum absolute atomic E-state index is 13.0. The number of pyridine rings is 1. The van der Waals surface area contributed by atoms with Crippen molar-refractivity contribution in [1.29, 1.82) is 0 Å². The number of primary amides is 1. The number of alkyl halides is 3. The quantitative estimate of drug-likeness (QED) is 0.665. The fourth-order valence-electron chi connectivity index (χ4n) is 3.55. The molecule has 1 saturated carbocycles. The zero-order valence-electron chi connectivity index (χ0n) is 14.9. The van der Waals surface area contributed by atoms with E-state index in [1.165, 1.54) is 0 Å². The van der Waals surface area contributed by atoms with Crippen molar-refractivity contribution in [3.63, 3.8) is 0 Å². The number of amides is 1. The second-order valence-electron chi connectivity index (χ2n) is 7.13. The normalized spacial score (nSPS) is 19.3. The summed E-state index contributed by atoms with van der Waals surface area (Å²) >= 11 is 6.34. The summed E-state index contributed by atoms with van der Waals surface area (Å²) in [4.78, 5) is 15.2. The Hall–Kier alpha value is -2.65. The van der Waals surface area contributed by atoms with Crippen LogP contribution in [-0.2, 0) is 6.18 Å². The second-order valence-corrected chi connectivity index (χ2v) is 7.54. The Kier molecular flexibility index (Phi) is 4.74. The first kappa shape index (κ1) is 19.7. The molecule has 29 heavy (non-hydrogen) atoms. The summed E-state index contributed by atoms with van der Waals surface area (Å²) in [6, 6.07) is 5.35. The van der Waals surface area contributed by atoms with Crippen LogP contribution in [0.5, 0.6) is 0 Å². The van der Waals surface area contributed by atoms with Crippen molar-refractivity contribution in [2.24, 2.45) is 11.7 Å². The molecule has 0 bridgehead atoms. The van der Waals surface area contributed by atoms with Gasteiger partial charge in [-0.05, 0) is 43.0 Å². The lowest BCUT2D eigenvalue weighted by Crippen LogP contribution is -2.29. The molecule has 0 aliphatic heterocycles. The Labute approximate surface area is 168 Å². The monoisotopic (exact) mass is 424 g/mol. The third kappa shape index (κ3) is 3.56. The van der Waals surface area contributed by atoms with Crippen LogP contribution in [0.3, 0.4) is 0 Å². The molecule has 1 fully saturated rings. The zero-order valence-corrected chi connectivity index (χ0v) is 15.7. The maximum atomic E-state index is 13.0. The van der Waals surface area contributed by atoms with E-state index in [0.717, 1.165) is 25.0 Å². The Balaban J connectivity index is 1.77. The summed E-state index contributed by atoms with van der Waals surface area (Å²) in [7, 11) is 0. The molecule has 3 aromatic rings.